The fraction of sp³-hybridized carbons (Fsp3) is 0.143. The van der Waals surface area contributed by atoms with E-state index < -0.39 is 17.2 Å². The van der Waals surface area contributed by atoms with Crippen LogP contribution in [0.1, 0.15) is 11.3 Å². The van der Waals surface area contributed by atoms with Crippen molar-refractivity contribution in [2.45, 2.75) is 18.3 Å². The lowest BCUT2D eigenvalue weighted by molar-refractivity contribution is -0.137. The third kappa shape index (κ3) is 4.15. The summed E-state index contributed by atoms with van der Waals surface area (Å²) >= 11 is 7.15. The molecule has 0 aliphatic rings. The van der Waals surface area contributed by atoms with Crippen molar-refractivity contribution in [1.29, 1.82) is 0 Å². The van der Waals surface area contributed by atoms with Gasteiger partial charge >= 0.3 is 6.18 Å². The number of hydrogen-bond acceptors (Lipinski definition) is 5. The molecule has 6 nitrogen and oxygen atoms in total. The highest BCUT2D eigenvalue weighted by Crippen LogP contribution is 2.32. The SMILES string of the molecule is CSc1nnc(-c2nn(-c3ccc(Cl)cc3)c(C)cc2=O)n1-c1cccc(C(F)(F)F)c1. The van der Waals surface area contributed by atoms with Crippen molar-refractivity contribution in [2.24, 2.45) is 0 Å². The molecule has 2 aromatic carbocycles. The molecule has 2 heterocycles. The van der Waals surface area contributed by atoms with Crippen molar-refractivity contribution in [2.75, 3.05) is 6.26 Å². The van der Waals surface area contributed by atoms with Gasteiger partial charge in [0.25, 0.3) is 0 Å². The lowest BCUT2D eigenvalue weighted by Gasteiger charge is -2.14. The predicted octanol–water partition coefficient (Wildman–Crippen LogP) is 5.18. The molecule has 0 unspecified atom stereocenters. The number of aryl methyl sites for hydroxylation is 1. The summed E-state index contributed by atoms with van der Waals surface area (Å²) in [6.45, 7) is 1.72. The molecule has 0 fully saturated rings. The fourth-order valence-corrected chi connectivity index (χ4v) is 3.78. The Balaban J connectivity index is 1.93. The Labute approximate surface area is 189 Å². The highest BCUT2D eigenvalue weighted by molar-refractivity contribution is 7.98. The molecule has 0 radical (unpaired) electrons. The van der Waals surface area contributed by atoms with E-state index in [0.29, 0.717) is 21.6 Å². The zero-order valence-electron chi connectivity index (χ0n) is 16.8. The average molecular weight is 478 g/mol. The van der Waals surface area contributed by atoms with Gasteiger partial charge in [-0.25, -0.2) is 4.68 Å². The minimum absolute atomic E-state index is 0.0430. The predicted molar refractivity (Wildman–Crippen MR) is 117 cm³/mol. The van der Waals surface area contributed by atoms with Crippen molar-refractivity contribution in [1.82, 2.24) is 24.5 Å². The second-order valence-electron chi connectivity index (χ2n) is 6.78. The lowest BCUT2D eigenvalue weighted by atomic mass is 10.2. The largest absolute Gasteiger partial charge is 0.416 e. The van der Waals surface area contributed by atoms with Gasteiger partial charge in [-0.2, -0.15) is 18.3 Å². The lowest BCUT2D eigenvalue weighted by Crippen LogP contribution is -2.18. The van der Waals surface area contributed by atoms with Crippen LogP contribution in [0.5, 0.6) is 0 Å². The van der Waals surface area contributed by atoms with Gasteiger partial charge in [0.15, 0.2) is 16.7 Å². The van der Waals surface area contributed by atoms with Gasteiger partial charge in [0.1, 0.15) is 0 Å². The summed E-state index contributed by atoms with van der Waals surface area (Å²) in [7, 11) is 0. The van der Waals surface area contributed by atoms with E-state index in [-0.39, 0.29) is 17.2 Å². The van der Waals surface area contributed by atoms with E-state index in [4.69, 9.17) is 11.6 Å². The van der Waals surface area contributed by atoms with Crippen molar-refractivity contribution >= 4 is 23.4 Å². The molecule has 32 heavy (non-hydrogen) atoms. The summed E-state index contributed by atoms with van der Waals surface area (Å²) in [6.07, 6.45) is -2.81. The fourth-order valence-electron chi connectivity index (χ4n) is 3.16. The van der Waals surface area contributed by atoms with Gasteiger partial charge in [0.2, 0.25) is 5.43 Å². The van der Waals surface area contributed by atoms with E-state index in [1.54, 1.807) is 37.4 Å². The first-order chi connectivity index (χ1) is 15.2. The van der Waals surface area contributed by atoms with E-state index in [1.807, 2.05) is 0 Å². The summed E-state index contributed by atoms with van der Waals surface area (Å²) in [5, 5.41) is 13.4. The molecule has 0 amide bonds. The first-order valence-electron chi connectivity index (χ1n) is 9.23. The second kappa shape index (κ2) is 8.44. The quantitative estimate of drug-likeness (QED) is 0.379. The molecule has 0 spiro atoms. The summed E-state index contributed by atoms with van der Waals surface area (Å²) in [5.74, 6) is 0.0430. The zero-order valence-corrected chi connectivity index (χ0v) is 18.3. The Morgan fingerprint density at radius 1 is 1.00 bits per heavy atom. The van der Waals surface area contributed by atoms with Crippen LogP contribution in [0.15, 0.2) is 64.5 Å². The highest BCUT2D eigenvalue weighted by Gasteiger charge is 2.31. The Morgan fingerprint density at radius 3 is 2.38 bits per heavy atom. The van der Waals surface area contributed by atoms with E-state index in [0.717, 1.165) is 12.1 Å². The number of halogens is 4. The molecule has 0 aliphatic carbocycles. The van der Waals surface area contributed by atoms with Crippen molar-refractivity contribution in [3.8, 4) is 22.9 Å². The molecule has 0 N–H and O–H groups in total. The van der Waals surface area contributed by atoms with Crippen molar-refractivity contribution in [3.63, 3.8) is 0 Å². The number of benzene rings is 2. The Kier molecular flexibility index (Phi) is 5.83. The first-order valence-corrected chi connectivity index (χ1v) is 10.8. The third-order valence-electron chi connectivity index (χ3n) is 4.64. The molecule has 0 atom stereocenters. The molecule has 4 rings (SSSR count). The molecule has 4 aromatic rings. The van der Waals surface area contributed by atoms with Crippen LogP contribution in [0, 0.1) is 6.92 Å². The normalized spacial score (nSPS) is 11.7. The summed E-state index contributed by atoms with van der Waals surface area (Å²) in [5.41, 5.74) is 0.0950. The molecule has 2 aromatic heterocycles. The Hall–Kier alpha value is -3.11. The summed E-state index contributed by atoms with van der Waals surface area (Å²) in [4.78, 5) is 12.8. The van der Waals surface area contributed by atoms with E-state index in [1.165, 1.54) is 39.2 Å². The van der Waals surface area contributed by atoms with E-state index in [2.05, 4.69) is 15.3 Å². The van der Waals surface area contributed by atoms with Gasteiger partial charge in [0.05, 0.1) is 16.9 Å². The van der Waals surface area contributed by atoms with E-state index in [9.17, 15) is 18.0 Å². The topological polar surface area (TPSA) is 65.6 Å². The smallest absolute Gasteiger partial charge is 0.287 e. The maximum Gasteiger partial charge on any atom is 0.416 e. The van der Waals surface area contributed by atoms with Crippen molar-refractivity contribution < 1.29 is 13.2 Å². The van der Waals surface area contributed by atoms with Crippen LogP contribution in [0.2, 0.25) is 5.02 Å². The van der Waals surface area contributed by atoms with Gasteiger partial charge in [-0.1, -0.05) is 29.4 Å². The molecular weight excluding hydrogens is 463 g/mol. The number of alkyl halides is 3. The number of aromatic nitrogens is 5. The van der Waals surface area contributed by atoms with Gasteiger partial charge < -0.3 is 0 Å². The van der Waals surface area contributed by atoms with Crippen LogP contribution < -0.4 is 5.43 Å². The molecular formula is C21H15ClF3N5OS. The maximum absolute atomic E-state index is 13.3. The van der Waals surface area contributed by atoms with Gasteiger partial charge in [-0.15, -0.1) is 10.2 Å². The minimum Gasteiger partial charge on any atom is -0.287 e. The average Bonchev–Trinajstić information content (AvgIpc) is 3.18. The second-order valence-corrected chi connectivity index (χ2v) is 7.99. The number of hydrogen-bond donors (Lipinski definition) is 0. The molecule has 0 bridgehead atoms. The van der Waals surface area contributed by atoms with E-state index >= 15 is 0 Å². The number of nitrogens with zero attached hydrogens (tertiary/aromatic N) is 5. The third-order valence-corrected chi connectivity index (χ3v) is 5.52. The molecule has 0 saturated heterocycles. The van der Waals surface area contributed by atoms with Crippen LogP contribution in [-0.2, 0) is 6.18 Å². The monoisotopic (exact) mass is 477 g/mol. The first kappa shape index (κ1) is 22.1. The van der Waals surface area contributed by atoms with Gasteiger partial charge in [0, 0.05) is 16.8 Å². The van der Waals surface area contributed by atoms with Gasteiger partial charge in [-0.05, 0) is 55.6 Å². The number of rotatable bonds is 4. The molecule has 164 valence electrons. The summed E-state index contributed by atoms with van der Waals surface area (Å²) in [6, 6.07) is 13.0. The molecule has 11 heteroatoms. The zero-order chi connectivity index (χ0) is 23.0. The Morgan fingerprint density at radius 2 is 1.72 bits per heavy atom. The van der Waals surface area contributed by atoms with Gasteiger partial charge in [-0.3, -0.25) is 9.36 Å². The van der Waals surface area contributed by atoms with Crippen LogP contribution in [0.3, 0.4) is 0 Å². The van der Waals surface area contributed by atoms with Crippen molar-refractivity contribution in [3.05, 3.63) is 81.1 Å². The molecule has 0 aliphatic heterocycles. The molecule has 0 saturated carbocycles. The van der Waals surface area contributed by atoms with Crippen LogP contribution in [0.25, 0.3) is 22.9 Å². The van der Waals surface area contributed by atoms with Crippen LogP contribution in [0.4, 0.5) is 13.2 Å². The van der Waals surface area contributed by atoms with Crippen LogP contribution >= 0.6 is 23.4 Å². The highest BCUT2D eigenvalue weighted by atomic mass is 35.5. The number of thioether (sulfide) groups is 1. The Bertz CT molecular complexity index is 1350. The minimum atomic E-state index is -4.52. The maximum atomic E-state index is 13.3. The summed E-state index contributed by atoms with van der Waals surface area (Å²) < 4.78 is 42.7. The standard InChI is InChI=1S/C21H15ClF3N5OS/c1-12-10-17(31)18(28-30(12)15-8-6-14(22)7-9-15)19-26-27-20(32-2)29(19)16-5-3-4-13(11-16)21(23,24)25/h3-11H,1-2H3. The van der Waals surface area contributed by atoms with Crippen LogP contribution in [-0.4, -0.2) is 30.8 Å².